The summed E-state index contributed by atoms with van der Waals surface area (Å²) < 4.78 is 9.18. The molecule has 5 nitrogen and oxygen atoms in total. The fourth-order valence-corrected chi connectivity index (χ4v) is 9.37. The molecule has 0 amide bonds. The van der Waals surface area contributed by atoms with Gasteiger partial charge in [0, 0.05) is 32.7 Å². The van der Waals surface area contributed by atoms with Gasteiger partial charge in [-0.25, -0.2) is 9.98 Å². The highest BCUT2D eigenvalue weighted by Gasteiger charge is 2.38. The van der Waals surface area contributed by atoms with Gasteiger partial charge in [0.15, 0.2) is 5.84 Å². The molecule has 0 saturated heterocycles. The van der Waals surface area contributed by atoms with E-state index in [4.69, 9.17) is 14.4 Å². The molecular formula is C54H38N4O. The Morgan fingerprint density at radius 3 is 2.22 bits per heavy atom. The number of furan rings is 1. The standard InChI is InChI=1S/C54H38N4O/c1-54(27-26-35-16-5-8-19-40(35)33-54)53-56-51(39-21-13-20-36(28-39)34-14-3-2-4-15-34)55-52(57-53)41-31-47(50-43-23-10-12-25-48(43)59-49(50)32-41)58-45-24-11-9-22-42(45)44-29-37-17-6-7-18-38(37)30-46(44)58/h2-32,53H,33H2,1H3,(H,55,56,57). The third-order valence-electron chi connectivity index (χ3n) is 12.4. The van der Waals surface area contributed by atoms with E-state index in [-0.39, 0.29) is 11.6 Å². The van der Waals surface area contributed by atoms with Crippen molar-refractivity contribution < 1.29 is 4.42 Å². The molecule has 1 aliphatic heterocycles. The molecule has 0 bridgehead atoms. The van der Waals surface area contributed by atoms with Gasteiger partial charge in [0.25, 0.3) is 0 Å². The molecule has 0 fully saturated rings. The smallest absolute Gasteiger partial charge is 0.159 e. The summed E-state index contributed by atoms with van der Waals surface area (Å²) in [4.78, 5) is 10.9. The van der Waals surface area contributed by atoms with Gasteiger partial charge in [-0.15, -0.1) is 0 Å². The quantitative estimate of drug-likeness (QED) is 0.190. The highest BCUT2D eigenvalue weighted by atomic mass is 16.3. The predicted molar refractivity (Wildman–Crippen MR) is 245 cm³/mol. The highest BCUT2D eigenvalue weighted by molar-refractivity contribution is 6.19. The van der Waals surface area contributed by atoms with Gasteiger partial charge in [-0.05, 0) is 81.9 Å². The molecular weight excluding hydrogens is 721 g/mol. The van der Waals surface area contributed by atoms with Gasteiger partial charge >= 0.3 is 0 Å². The molecule has 280 valence electrons. The van der Waals surface area contributed by atoms with Crippen LogP contribution in [0.25, 0.3) is 77.4 Å². The zero-order chi connectivity index (χ0) is 39.1. The average molecular weight is 759 g/mol. The monoisotopic (exact) mass is 758 g/mol. The van der Waals surface area contributed by atoms with Crippen molar-refractivity contribution in [3.63, 3.8) is 0 Å². The number of benzene rings is 8. The van der Waals surface area contributed by atoms with Crippen LogP contribution in [0.4, 0.5) is 0 Å². The number of nitrogens with one attached hydrogen (secondary N) is 1. The Balaban J connectivity index is 1.10. The van der Waals surface area contributed by atoms with Gasteiger partial charge in [-0.2, -0.15) is 0 Å². The van der Waals surface area contributed by atoms with Crippen molar-refractivity contribution in [3.8, 4) is 16.8 Å². The fraction of sp³-hybridized carbons (Fsp3) is 0.0741. The molecule has 2 aromatic heterocycles. The Kier molecular flexibility index (Phi) is 7.42. The van der Waals surface area contributed by atoms with Crippen molar-refractivity contribution in [2.75, 3.05) is 0 Å². The van der Waals surface area contributed by atoms with E-state index in [1.807, 2.05) is 6.07 Å². The topological polar surface area (TPSA) is 54.8 Å². The van der Waals surface area contributed by atoms with Gasteiger partial charge in [-0.3, -0.25) is 0 Å². The van der Waals surface area contributed by atoms with Crippen LogP contribution in [-0.4, -0.2) is 22.4 Å². The summed E-state index contributed by atoms with van der Waals surface area (Å²) in [6.45, 7) is 2.30. The van der Waals surface area contributed by atoms with Crippen molar-refractivity contribution in [2.24, 2.45) is 15.4 Å². The first-order chi connectivity index (χ1) is 29.1. The first-order valence-corrected chi connectivity index (χ1v) is 20.3. The lowest BCUT2D eigenvalue weighted by atomic mass is 9.75. The Hall–Kier alpha value is -7.50. The minimum atomic E-state index is -0.335. The lowest BCUT2D eigenvalue weighted by Crippen LogP contribution is -2.49. The number of aliphatic imine (C=N–C) groups is 2. The minimum Gasteiger partial charge on any atom is -0.456 e. The van der Waals surface area contributed by atoms with Crippen molar-refractivity contribution in [1.29, 1.82) is 0 Å². The van der Waals surface area contributed by atoms with Crippen molar-refractivity contribution in [2.45, 2.75) is 19.5 Å². The van der Waals surface area contributed by atoms with E-state index >= 15 is 0 Å². The molecule has 2 atom stereocenters. The maximum atomic E-state index is 6.76. The molecule has 8 aromatic carbocycles. The van der Waals surface area contributed by atoms with E-state index in [2.05, 4.69) is 199 Å². The Labute approximate surface area is 341 Å². The SMILES string of the molecule is CC1(C2N=C(c3cccc(-c4ccccc4)c3)N=C(c3cc(-n4c5ccccc5c5cc6ccccc6cc54)c4c(c3)oc3ccccc34)N2)C=Cc2ccccc2C1. The number of hydrogen-bond donors (Lipinski definition) is 1. The zero-order valence-corrected chi connectivity index (χ0v) is 32.4. The Bertz CT molecular complexity index is 3420. The lowest BCUT2D eigenvalue weighted by Gasteiger charge is -2.38. The van der Waals surface area contributed by atoms with Gasteiger partial charge in [0.2, 0.25) is 0 Å². The molecule has 0 spiro atoms. The summed E-state index contributed by atoms with van der Waals surface area (Å²) in [5.74, 6) is 1.46. The molecule has 3 heterocycles. The molecule has 59 heavy (non-hydrogen) atoms. The Morgan fingerprint density at radius 2 is 1.32 bits per heavy atom. The molecule has 5 heteroatoms. The van der Waals surface area contributed by atoms with Crippen molar-refractivity contribution >= 4 is 72.3 Å². The third-order valence-corrected chi connectivity index (χ3v) is 12.4. The van der Waals surface area contributed by atoms with Crippen LogP contribution < -0.4 is 5.32 Å². The first kappa shape index (κ1) is 33.6. The average Bonchev–Trinajstić information content (AvgIpc) is 3.83. The number of aromatic nitrogens is 1. The second kappa shape index (κ2) is 13.0. The van der Waals surface area contributed by atoms with Crippen LogP contribution in [0.5, 0.6) is 0 Å². The van der Waals surface area contributed by atoms with Crippen LogP contribution in [0.1, 0.15) is 29.2 Å². The zero-order valence-electron chi connectivity index (χ0n) is 32.4. The number of hydrogen-bond acceptors (Lipinski definition) is 4. The van der Waals surface area contributed by atoms with Gasteiger partial charge in [0.1, 0.15) is 23.2 Å². The summed E-state index contributed by atoms with van der Waals surface area (Å²) >= 11 is 0. The first-order valence-electron chi connectivity index (χ1n) is 20.3. The molecule has 2 unspecified atom stereocenters. The molecule has 1 aliphatic carbocycles. The molecule has 2 aliphatic rings. The van der Waals surface area contributed by atoms with E-state index < -0.39 is 0 Å². The number of amidine groups is 2. The van der Waals surface area contributed by atoms with E-state index in [1.54, 1.807) is 0 Å². The maximum absolute atomic E-state index is 6.76. The van der Waals surface area contributed by atoms with E-state index in [9.17, 15) is 0 Å². The van der Waals surface area contributed by atoms with Crippen LogP contribution in [0, 0.1) is 5.41 Å². The van der Waals surface area contributed by atoms with Crippen LogP contribution in [-0.2, 0) is 6.42 Å². The van der Waals surface area contributed by atoms with Gasteiger partial charge in [0.05, 0.1) is 22.1 Å². The van der Waals surface area contributed by atoms with Gasteiger partial charge < -0.3 is 14.3 Å². The van der Waals surface area contributed by atoms with Crippen molar-refractivity contribution in [3.05, 3.63) is 204 Å². The number of rotatable bonds is 5. The molecule has 0 saturated carbocycles. The molecule has 12 rings (SSSR count). The largest absolute Gasteiger partial charge is 0.456 e. The third kappa shape index (κ3) is 5.46. The minimum absolute atomic E-state index is 0.301. The molecule has 0 radical (unpaired) electrons. The fourth-order valence-electron chi connectivity index (χ4n) is 9.37. The molecule has 10 aromatic rings. The summed E-state index contributed by atoms with van der Waals surface area (Å²) in [6, 6.07) is 62.6. The summed E-state index contributed by atoms with van der Waals surface area (Å²) in [5.41, 5.74) is 11.4. The number of fused-ring (bicyclic) bond motifs is 8. The van der Waals surface area contributed by atoms with E-state index in [1.165, 1.54) is 32.7 Å². The number of nitrogens with zero attached hydrogens (tertiary/aromatic N) is 3. The second-order valence-corrected chi connectivity index (χ2v) is 16.2. The highest BCUT2D eigenvalue weighted by Crippen LogP contribution is 2.42. The van der Waals surface area contributed by atoms with Gasteiger partial charge in [-0.1, -0.05) is 153 Å². The summed E-state index contributed by atoms with van der Waals surface area (Å²) in [7, 11) is 0. The second-order valence-electron chi connectivity index (χ2n) is 16.2. The van der Waals surface area contributed by atoms with Crippen LogP contribution in [0.15, 0.2) is 196 Å². The number of para-hydroxylation sites is 2. The summed E-state index contributed by atoms with van der Waals surface area (Å²) in [5, 5.41) is 10.9. The van der Waals surface area contributed by atoms with E-state index in [0.717, 1.165) is 73.2 Å². The predicted octanol–water partition coefficient (Wildman–Crippen LogP) is 12.9. The van der Waals surface area contributed by atoms with Crippen LogP contribution >= 0.6 is 0 Å². The maximum Gasteiger partial charge on any atom is 0.159 e. The van der Waals surface area contributed by atoms with E-state index in [0.29, 0.717) is 5.84 Å². The normalized spacial score (nSPS) is 17.7. The molecule has 1 N–H and O–H groups in total. The van der Waals surface area contributed by atoms with Crippen LogP contribution in [0.2, 0.25) is 0 Å². The lowest BCUT2D eigenvalue weighted by molar-refractivity contribution is 0.313. The van der Waals surface area contributed by atoms with Crippen LogP contribution in [0.3, 0.4) is 0 Å². The Morgan fingerprint density at radius 1 is 0.593 bits per heavy atom. The van der Waals surface area contributed by atoms with Crippen molar-refractivity contribution in [1.82, 2.24) is 9.88 Å². The summed E-state index contributed by atoms with van der Waals surface area (Å²) in [6.07, 6.45) is 5.12.